The molecule has 7 heteroatoms. The summed E-state index contributed by atoms with van der Waals surface area (Å²) >= 11 is 1.37. The van der Waals surface area contributed by atoms with Crippen molar-refractivity contribution in [3.8, 4) is 10.6 Å². The molecule has 0 fully saturated rings. The summed E-state index contributed by atoms with van der Waals surface area (Å²) < 4.78 is 5.28. The first-order valence-electron chi connectivity index (χ1n) is 8.28. The van der Waals surface area contributed by atoms with Crippen LogP contribution < -0.4 is 5.56 Å². The third-order valence-electron chi connectivity index (χ3n) is 4.06. The molecule has 2 aromatic carbocycles. The summed E-state index contributed by atoms with van der Waals surface area (Å²) in [6.45, 7) is 1.75. The lowest BCUT2D eigenvalue weighted by molar-refractivity contribution is 0.0456. The largest absolute Gasteiger partial charge is 0.453 e. The first-order valence-corrected chi connectivity index (χ1v) is 9.16. The zero-order chi connectivity index (χ0) is 18.8. The second-order valence-corrected chi connectivity index (χ2v) is 6.82. The quantitative estimate of drug-likeness (QED) is 0.548. The van der Waals surface area contributed by atoms with Gasteiger partial charge in [-0.25, -0.2) is 14.8 Å². The molecule has 27 heavy (non-hydrogen) atoms. The highest BCUT2D eigenvalue weighted by atomic mass is 32.1. The zero-order valence-corrected chi connectivity index (χ0v) is 15.2. The van der Waals surface area contributed by atoms with E-state index in [4.69, 9.17) is 4.74 Å². The van der Waals surface area contributed by atoms with Gasteiger partial charge in [0.05, 0.1) is 10.9 Å². The van der Waals surface area contributed by atoms with Crippen molar-refractivity contribution < 1.29 is 9.53 Å². The van der Waals surface area contributed by atoms with Crippen molar-refractivity contribution in [2.75, 3.05) is 0 Å². The number of rotatable bonds is 4. The zero-order valence-electron chi connectivity index (χ0n) is 14.4. The Hall–Kier alpha value is -3.32. The number of hydrogen-bond acceptors (Lipinski definition) is 6. The van der Waals surface area contributed by atoms with Gasteiger partial charge in [-0.3, -0.25) is 4.79 Å². The van der Waals surface area contributed by atoms with Crippen LogP contribution in [0.1, 0.15) is 21.9 Å². The fourth-order valence-corrected chi connectivity index (χ4v) is 3.50. The monoisotopic (exact) mass is 377 g/mol. The van der Waals surface area contributed by atoms with Gasteiger partial charge in [0.15, 0.2) is 5.69 Å². The SMILES string of the molecule is Cc1cccc2c(=O)[nH]c(COC(=O)c3csc(-c4ccccc4)n3)nc12. The molecule has 0 spiro atoms. The average molecular weight is 377 g/mol. The lowest BCUT2D eigenvalue weighted by Crippen LogP contribution is -2.15. The Labute approximate surface area is 158 Å². The number of aryl methyl sites for hydroxylation is 1. The van der Waals surface area contributed by atoms with Crippen LogP contribution in [0.25, 0.3) is 21.5 Å². The molecule has 4 aromatic rings. The molecule has 0 aliphatic rings. The summed E-state index contributed by atoms with van der Waals surface area (Å²) in [6, 6.07) is 15.0. The lowest BCUT2D eigenvalue weighted by Gasteiger charge is -2.05. The molecule has 2 aromatic heterocycles. The number of carbonyl (C=O) groups is 1. The predicted molar refractivity (Wildman–Crippen MR) is 104 cm³/mol. The van der Waals surface area contributed by atoms with E-state index in [1.807, 2.05) is 43.3 Å². The molecule has 2 heterocycles. The number of aromatic nitrogens is 3. The Bertz CT molecular complexity index is 1180. The summed E-state index contributed by atoms with van der Waals surface area (Å²) in [7, 11) is 0. The van der Waals surface area contributed by atoms with Gasteiger partial charge in [-0.2, -0.15) is 0 Å². The smallest absolute Gasteiger partial charge is 0.358 e. The van der Waals surface area contributed by atoms with Crippen molar-refractivity contribution in [1.29, 1.82) is 0 Å². The number of H-pyrrole nitrogens is 1. The van der Waals surface area contributed by atoms with E-state index in [1.54, 1.807) is 17.5 Å². The standard InChI is InChI=1S/C20H15N3O3S/c1-12-6-5-9-14-17(12)22-16(23-18(14)24)10-26-20(25)15-11-27-19(21-15)13-7-3-2-4-8-13/h2-9,11H,10H2,1H3,(H,22,23,24). The van der Waals surface area contributed by atoms with Gasteiger partial charge in [-0.15, -0.1) is 11.3 Å². The summed E-state index contributed by atoms with van der Waals surface area (Å²) in [4.78, 5) is 35.8. The second-order valence-electron chi connectivity index (χ2n) is 5.96. The van der Waals surface area contributed by atoms with Crippen LogP contribution in [0.3, 0.4) is 0 Å². The Morgan fingerprint density at radius 1 is 1.11 bits per heavy atom. The maximum absolute atomic E-state index is 12.3. The highest BCUT2D eigenvalue weighted by Crippen LogP contribution is 2.23. The van der Waals surface area contributed by atoms with Crippen LogP contribution in [0.5, 0.6) is 0 Å². The lowest BCUT2D eigenvalue weighted by atomic mass is 10.1. The summed E-state index contributed by atoms with van der Waals surface area (Å²) in [5, 5.41) is 2.92. The number of ether oxygens (including phenoxy) is 1. The van der Waals surface area contributed by atoms with Crippen LogP contribution >= 0.6 is 11.3 Å². The Morgan fingerprint density at radius 2 is 1.93 bits per heavy atom. The third-order valence-corrected chi connectivity index (χ3v) is 4.95. The summed E-state index contributed by atoms with van der Waals surface area (Å²) in [6.07, 6.45) is 0. The fourth-order valence-electron chi connectivity index (χ4n) is 2.71. The number of fused-ring (bicyclic) bond motifs is 1. The number of carbonyl (C=O) groups excluding carboxylic acids is 1. The van der Waals surface area contributed by atoms with Crippen molar-refractivity contribution in [1.82, 2.24) is 15.0 Å². The van der Waals surface area contributed by atoms with E-state index in [0.717, 1.165) is 16.1 Å². The third kappa shape index (κ3) is 3.50. The van der Waals surface area contributed by atoms with Gasteiger partial charge in [-0.05, 0) is 18.6 Å². The van der Waals surface area contributed by atoms with Crippen LogP contribution in [0.2, 0.25) is 0 Å². The van der Waals surface area contributed by atoms with Crippen LogP contribution in [0, 0.1) is 6.92 Å². The minimum Gasteiger partial charge on any atom is -0.453 e. The number of nitrogens with one attached hydrogen (secondary N) is 1. The predicted octanol–water partition coefficient (Wildman–Crippen LogP) is 3.71. The first-order chi connectivity index (χ1) is 13.1. The van der Waals surface area contributed by atoms with Gasteiger partial charge in [0.2, 0.25) is 0 Å². The number of nitrogens with zero attached hydrogens (tertiary/aromatic N) is 2. The number of esters is 1. The number of hydrogen-bond donors (Lipinski definition) is 1. The van der Waals surface area contributed by atoms with Crippen molar-refractivity contribution in [3.63, 3.8) is 0 Å². The number of thiazole rings is 1. The van der Waals surface area contributed by atoms with Crippen LogP contribution in [-0.4, -0.2) is 20.9 Å². The minimum atomic E-state index is -0.555. The maximum Gasteiger partial charge on any atom is 0.358 e. The molecule has 6 nitrogen and oxygen atoms in total. The molecule has 0 aliphatic heterocycles. The van der Waals surface area contributed by atoms with Crippen LogP contribution in [0.4, 0.5) is 0 Å². The van der Waals surface area contributed by atoms with Gasteiger partial charge >= 0.3 is 5.97 Å². The minimum absolute atomic E-state index is 0.128. The van der Waals surface area contributed by atoms with E-state index in [2.05, 4.69) is 15.0 Å². The van der Waals surface area contributed by atoms with Crippen LogP contribution in [0.15, 0.2) is 58.7 Å². The molecule has 134 valence electrons. The van der Waals surface area contributed by atoms with E-state index in [0.29, 0.717) is 16.7 Å². The Morgan fingerprint density at radius 3 is 2.74 bits per heavy atom. The van der Waals surface area contributed by atoms with E-state index in [1.165, 1.54) is 11.3 Å². The molecular weight excluding hydrogens is 362 g/mol. The Balaban J connectivity index is 1.52. The molecule has 0 bridgehead atoms. The maximum atomic E-state index is 12.3. The highest BCUT2D eigenvalue weighted by molar-refractivity contribution is 7.13. The number of benzene rings is 2. The number of para-hydroxylation sites is 1. The normalized spacial score (nSPS) is 10.9. The van der Waals surface area contributed by atoms with E-state index < -0.39 is 5.97 Å². The van der Waals surface area contributed by atoms with Gasteiger partial charge in [0.1, 0.15) is 17.4 Å². The molecule has 1 N–H and O–H groups in total. The first kappa shape index (κ1) is 17.1. The molecule has 0 radical (unpaired) electrons. The Kier molecular flexibility index (Phi) is 4.52. The molecule has 0 amide bonds. The average Bonchev–Trinajstić information content (AvgIpc) is 3.18. The molecule has 4 rings (SSSR count). The van der Waals surface area contributed by atoms with Crippen molar-refractivity contribution in [2.45, 2.75) is 13.5 Å². The van der Waals surface area contributed by atoms with Gasteiger partial charge < -0.3 is 9.72 Å². The van der Waals surface area contributed by atoms with E-state index >= 15 is 0 Å². The van der Waals surface area contributed by atoms with Gasteiger partial charge in [-0.1, -0.05) is 42.5 Å². The summed E-state index contributed by atoms with van der Waals surface area (Å²) in [5.41, 5.74) is 2.41. The molecular formula is C20H15N3O3S. The van der Waals surface area contributed by atoms with Crippen LogP contribution in [-0.2, 0) is 11.3 Å². The molecule has 0 saturated carbocycles. The van der Waals surface area contributed by atoms with Crippen molar-refractivity contribution in [3.05, 3.63) is 81.3 Å². The van der Waals surface area contributed by atoms with Gasteiger partial charge in [0, 0.05) is 10.9 Å². The topological polar surface area (TPSA) is 84.9 Å². The fraction of sp³-hybridized carbons (Fsp3) is 0.100. The van der Waals surface area contributed by atoms with Gasteiger partial charge in [0.25, 0.3) is 5.56 Å². The molecule has 0 saturated heterocycles. The van der Waals surface area contributed by atoms with Crippen molar-refractivity contribution >= 4 is 28.2 Å². The second kappa shape index (κ2) is 7.13. The summed E-state index contributed by atoms with van der Waals surface area (Å²) in [5.74, 6) is -0.255. The highest BCUT2D eigenvalue weighted by Gasteiger charge is 2.14. The van der Waals surface area contributed by atoms with E-state index in [-0.39, 0.29) is 17.9 Å². The molecule has 0 atom stereocenters. The molecule has 0 aliphatic carbocycles. The van der Waals surface area contributed by atoms with Crippen molar-refractivity contribution in [2.24, 2.45) is 0 Å². The number of aromatic amines is 1. The molecule has 0 unspecified atom stereocenters. The van der Waals surface area contributed by atoms with E-state index in [9.17, 15) is 9.59 Å².